The van der Waals surface area contributed by atoms with E-state index in [1.165, 1.54) is 18.0 Å². The predicted molar refractivity (Wildman–Crippen MR) is 61.9 cm³/mol. The fourth-order valence-corrected chi connectivity index (χ4v) is 2.68. The van der Waals surface area contributed by atoms with E-state index in [4.69, 9.17) is 10.8 Å². The number of hydrogen-bond donors (Lipinski definition) is 2. The third kappa shape index (κ3) is 10.0. The highest BCUT2D eigenvalue weighted by molar-refractivity contribution is 7.99. The number of hydrogen-bond acceptors (Lipinski definition) is 5. The molecular weight excluding hydrogens is 238 g/mol. The SMILES string of the molecule is CS(=O)(=O)CCCSCCC(N)C(=O)O. The second kappa shape index (κ2) is 7.08. The number of carboxylic acids is 1. The molecule has 5 nitrogen and oxygen atoms in total. The van der Waals surface area contributed by atoms with Gasteiger partial charge in [-0.15, -0.1) is 0 Å². The molecule has 0 aromatic carbocycles. The largest absolute Gasteiger partial charge is 0.480 e. The van der Waals surface area contributed by atoms with Crippen LogP contribution in [0.1, 0.15) is 12.8 Å². The lowest BCUT2D eigenvalue weighted by molar-refractivity contribution is -0.138. The molecule has 0 spiro atoms. The predicted octanol–water partition coefficient (Wildman–Crippen LogP) is -0.0437. The van der Waals surface area contributed by atoms with Gasteiger partial charge in [0, 0.05) is 6.26 Å². The minimum atomic E-state index is -2.87. The third-order valence-electron chi connectivity index (χ3n) is 1.69. The zero-order valence-electron chi connectivity index (χ0n) is 8.68. The molecule has 0 aromatic rings. The minimum absolute atomic E-state index is 0.186. The summed E-state index contributed by atoms with van der Waals surface area (Å²) in [6.07, 6.45) is 2.22. The molecule has 0 rings (SSSR count). The smallest absolute Gasteiger partial charge is 0.320 e. The van der Waals surface area contributed by atoms with Crippen LogP contribution in [0, 0.1) is 0 Å². The van der Waals surface area contributed by atoms with Gasteiger partial charge in [-0.3, -0.25) is 4.79 Å². The summed E-state index contributed by atoms with van der Waals surface area (Å²) in [5.41, 5.74) is 5.29. The van der Waals surface area contributed by atoms with Crippen molar-refractivity contribution >= 4 is 27.6 Å². The summed E-state index contributed by atoms with van der Waals surface area (Å²) in [4.78, 5) is 10.3. The van der Waals surface area contributed by atoms with Crippen molar-refractivity contribution in [2.24, 2.45) is 5.73 Å². The van der Waals surface area contributed by atoms with Crippen LogP contribution < -0.4 is 5.73 Å². The van der Waals surface area contributed by atoms with Gasteiger partial charge < -0.3 is 10.8 Å². The molecule has 90 valence electrons. The Balaban J connectivity index is 3.37. The van der Waals surface area contributed by atoms with E-state index >= 15 is 0 Å². The molecule has 1 unspecified atom stereocenters. The number of thioether (sulfide) groups is 1. The van der Waals surface area contributed by atoms with E-state index in [0.29, 0.717) is 18.6 Å². The van der Waals surface area contributed by atoms with Gasteiger partial charge in [-0.1, -0.05) is 0 Å². The van der Waals surface area contributed by atoms with E-state index in [0.717, 1.165) is 5.75 Å². The van der Waals surface area contributed by atoms with Gasteiger partial charge in [0.1, 0.15) is 15.9 Å². The Morgan fingerprint density at radius 3 is 2.53 bits per heavy atom. The molecular formula is C8H17NO4S2. The first-order valence-electron chi connectivity index (χ1n) is 4.57. The van der Waals surface area contributed by atoms with Crippen molar-refractivity contribution in [2.45, 2.75) is 18.9 Å². The van der Waals surface area contributed by atoms with Crippen molar-refractivity contribution in [1.82, 2.24) is 0 Å². The molecule has 0 fully saturated rings. The van der Waals surface area contributed by atoms with Gasteiger partial charge in [0.05, 0.1) is 5.75 Å². The van der Waals surface area contributed by atoms with E-state index in [1.807, 2.05) is 0 Å². The molecule has 0 aliphatic heterocycles. The molecule has 0 saturated heterocycles. The van der Waals surface area contributed by atoms with Gasteiger partial charge in [0.2, 0.25) is 0 Å². The zero-order valence-corrected chi connectivity index (χ0v) is 10.3. The standard InChI is InChI=1S/C8H17NO4S2/c1-15(12,13)6-2-4-14-5-3-7(9)8(10)11/h7H,2-6,9H2,1H3,(H,10,11). The molecule has 0 radical (unpaired) electrons. The zero-order chi connectivity index (χ0) is 11.9. The van der Waals surface area contributed by atoms with Gasteiger partial charge in [-0.25, -0.2) is 8.42 Å². The molecule has 1 atom stereocenters. The van der Waals surface area contributed by atoms with Gasteiger partial charge in [-0.05, 0) is 24.3 Å². The fourth-order valence-electron chi connectivity index (χ4n) is 0.859. The highest BCUT2D eigenvalue weighted by atomic mass is 32.2. The Hall–Kier alpha value is -0.270. The highest BCUT2D eigenvalue weighted by Crippen LogP contribution is 2.06. The topological polar surface area (TPSA) is 97.5 Å². The summed E-state index contributed by atoms with van der Waals surface area (Å²) in [5.74, 6) is 0.563. The molecule has 0 aromatic heterocycles. The molecule has 0 bridgehead atoms. The average Bonchev–Trinajstić information content (AvgIpc) is 2.08. The number of carboxylic acid groups (broad SMARTS) is 1. The molecule has 15 heavy (non-hydrogen) atoms. The third-order valence-corrected chi connectivity index (χ3v) is 3.83. The van der Waals surface area contributed by atoms with E-state index in [9.17, 15) is 13.2 Å². The first kappa shape index (κ1) is 14.7. The van der Waals surface area contributed by atoms with Crippen LogP contribution in [0.5, 0.6) is 0 Å². The summed E-state index contributed by atoms with van der Waals surface area (Å²) < 4.78 is 21.5. The lowest BCUT2D eigenvalue weighted by Crippen LogP contribution is -2.30. The van der Waals surface area contributed by atoms with Gasteiger partial charge in [0.15, 0.2) is 0 Å². The number of carbonyl (C=O) groups is 1. The first-order valence-corrected chi connectivity index (χ1v) is 7.78. The molecule has 0 aliphatic carbocycles. The van der Waals surface area contributed by atoms with Crippen LogP contribution in [-0.4, -0.2) is 49.0 Å². The number of rotatable bonds is 8. The van der Waals surface area contributed by atoms with E-state index < -0.39 is 21.8 Å². The van der Waals surface area contributed by atoms with Gasteiger partial charge >= 0.3 is 5.97 Å². The van der Waals surface area contributed by atoms with Gasteiger partial charge in [-0.2, -0.15) is 11.8 Å². The van der Waals surface area contributed by atoms with E-state index in [-0.39, 0.29) is 5.75 Å². The molecule has 7 heteroatoms. The van der Waals surface area contributed by atoms with Crippen molar-refractivity contribution in [1.29, 1.82) is 0 Å². The van der Waals surface area contributed by atoms with Crippen molar-refractivity contribution in [3.63, 3.8) is 0 Å². The number of sulfone groups is 1. The van der Waals surface area contributed by atoms with E-state index in [1.54, 1.807) is 0 Å². The monoisotopic (exact) mass is 255 g/mol. The Labute approximate surface area is 94.3 Å². The van der Waals surface area contributed by atoms with Crippen LogP contribution in [0.15, 0.2) is 0 Å². The summed E-state index contributed by atoms with van der Waals surface area (Å²) in [7, 11) is -2.87. The van der Waals surface area contributed by atoms with Crippen LogP contribution in [0.4, 0.5) is 0 Å². The van der Waals surface area contributed by atoms with Gasteiger partial charge in [0.25, 0.3) is 0 Å². The summed E-state index contributed by atoms with van der Waals surface area (Å²) in [5, 5.41) is 8.48. The van der Waals surface area contributed by atoms with Crippen LogP contribution in [0.25, 0.3) is 0 Å². The van der Waals surface area contributed by atoms with Crippen molar-refractivity contribution in [3.05, 3.63) is 0 Å². The molecule has 0 saturated carbocycles. The maximum Gasteiger partial charge on any atom is 0.320 e. The quantitative estimate of drug-likeness (QED) is 0.590. The van der Waals surface area contributed by atoms with Crippen LogP contribution in [0.2, 0.25) is 0 Å². The second-order valence-corrected chi connectivity index (χ2v) is 6.81. The molecule has 0 amide bonds. The van der Waals surface area contributed by atoms with Crippen molar-refractivity contribution in [2.75, 3.05) is 23.5 Å². The lowest BCUT2D eigenvalue weighted by Gasteiger charge is -2.05. The average molecular weight is 255 g/mol. The summed E-state index contributed by atoms with van der Waals surface area (Å²) in [6.45, 7) is 0. The van der Waals surface area contributed by atoms with Crippen molar-refractivity contribution < 1.29 is 18.3 Å². The Kier molecular flexibility index (Phi) is 6.95. The van der Waals surface area contributed by atoms with Crippen LogP contribution in [-0.2, 0) is 14.6 Å². The minimum Gasteiger partial charge on any atom is -0.480 e. The highest BCUT2D eigenvalue weighted by Gasteiger charge is 2.10. The maximum atomic E-state index is 10.8. The first-order chi connectivity index (χ1) is 6.83. The molecule has 3 N–H and O–H groups in total. The number of aliphatic carboxylic acids is 1. The molecule has 0 aliphatic rings. The number of nitrogens with two attached hydrogens (primary N) is 1. The fraction of sp³-hybridized carbons (Fsp3) is 0.875. The Morgan fingerprint density at radius 2 is 2.07 bits per heavy atom. The summed E-state index contributed by atoms with van der Waals surface area (Å²) in [6, 6.07) is -0.813. The van der Waals surface area contributed by atoms with Crippen LogP contribution >= 0.6 is 11.8 Å². The normalized spacial score (nSPS) is 13.7. The van der Waals surface area contributed by atoms with E-state index in [2.05, 4.69) is 0 Å². The molecule has 0 heterocycles. The Morgan fingerprint density at radius 1 is 1.47 bits per heavy atom. The second-order valence-electron chi connectivity index (χ2n) is 3.33. The Bertz CT molecular complexity index is 289. The lowest BCUT2D eigenvalue weighted by atomic mass is 10.2. The van der Waals surface area contributed by atoms with Crippen LogP contribution in [0.3, 0.4) is 0 Å². The van der Waals surface area contributed by atoms with Crippen molar-refractivity contribution in [3.8, 4) is 0 Å². The maximum absolute atomic E-state index is 10.8. The summed E-state index contributed by atoms with van der Waals surface area (Å²) >= 11 is 1.53.